The first-order valence-corrected chi connectivity index (χ1v) is 11.8. The van der Waals surface area contributed by atoms with Crippen LogP contribution >= 0.6 is 34.4 Å². The highest BCUT2D eigenvalue weighted by molar-refractivity contribution is 8.00. The van der Waals surface area contributed by atoms with E-state index in [9.17, 15) is 14.4 Å². The molecule has 1 N–H and O–H groups in total. The van der Waals surface area contributed by atoms with Gasteiger partial charge in [0.2, 0.25) is 5.91 Å². The number of amides is 1. The lowest BCUT2D eigenvalue weighted by Crippen LogP contribution is -2.16. The van der Waals surface area contributed by atoms with Crippen LogP contribution in [0.25, 0.3) is 10.2 Å². The summed E-state index contributed by atoms with van der Waals surface area (Å²) >= 11 is 4.00. The highest BCUT2D eigenvalue weighted by Crippen LogP contribution is 2.36. The van der Waals surface area contributed by atoms with Gasteiger partial charge in [0.05, 0.1) is 22.8 Å². The number of thioether (sulfide) groups is 1. The number of ether oxygens (including phenoxy) is 1. The Kier molecular flexibility index (Phi) is 6.89. The van der Waals surface area contributed by atoms with E-state index in [1.807, 2.05) is 13.8 Å². The van der Waals surface area contributed by atoms with Gasteiger partial charge < -0.3 is 10.1 Å². The average molecular weight is 464 g/mol. The number of nitrogens with zero attached hydrogens (tertiary/aromatic N) is 2. The molecule has 0 aromatic carbocycles. The summed E-state index contributed by atoms with van der Waals surface area (Å²) in [5.41, 5.74) is 1.87. The fourth-order valence-electron chi connectivity index (χ4n) is 2.94. The normalized spacial score (nSPS) is 11.0. The number of thiophene rings is 2. The van der Waals surface area contributed by atoms with E-state index in [4.69, 9.17) is 4.74 Å². The Morgan fingerprint density at radius 1 is 1.13 bits per heavy atom. The maximum atomic E-state index is 12.6. The summed E-state index contributed by atoms with van der Waals surface area (Å²) in [6.45, 7) is 9.08. The number of nitrogens with one attached hydrogen (secondary N) is 1. The number of ketones is 1. The van der Waals surface area contributed by atoms with Crippen LogP contribution in [0.5, 0.6) is 0 Å². The Labute approximate surface area is 186 Å². The van der Waals surface area contributed by atoms with E-state index in [1.165, 1.54) is 29.9 Å². The van der Waals surface area contributed by atoms with Gasteiger partial charge in [-0.3, -0.25) is 9.59 Å². The third kappa shape index (κ3) is 4.40. The highest BCUT2D eigenvalue weighted by atomic mass is 32.2. The largest absolute Gasteiger partial charge is 0.462 e. The van der Waals surface area contributed by atoms with Gasteiger partial charge in [0, 0.05) is 10.3 Å². The van der Waals surface area contributed by atoms with Crippen molar-refractivity contribution >= 4 is 67.3 Å². The van der Waals surface area contributed by atoms with Crippen molar-refractivity contribution in [2.45, 2.75) is 39.6 Å². The first kappa shape index (κ1) is 22.4. The number of fused-ring (bicyclic) bond motifs is 1. The van der Waals surface area contributed by atoms with E-state index in [0.717, 1.165) is 32.1 Å². The molecule has 30 heavy (non-hydrogen) atoms. The first-order valence-electron chi connectivity index (χ1n) is 9.19. The van der Waals surface area contributed by atoms with Crippen LogP contribution in [0.2, 0.25) is 0 Å². The van der Waals surface area contributed by atoms with Crippen LogP contribution in [0.4, 0.5) is 5.00 Å². The molecule has 0 unspecified atom stereocenters. The number of carbonyl (C=O) groups excluding carboxylic acids is 3. The first-order chi connectivity index (χ1) is 14.2. The van der Waals surface area contributed by atoms with Crippen molar-refractivity contribution in [3.63, 3.8) is 0 Å². The van der Waals surface area contributed by atoms with Gasteiger partial charge >= 0.3 is 5.97 Å². The van der Waals surface area contributed by atoms with Gasteiger partial charge in [0.1, 0.15) is 21.2 Å². The van der Waals surface area contributed by atoms with Crippen LogP contribution in [0.3, 0.4) is 0 Å². The van der Waals surface area contributed by atoms with Crippen LogP contribution in [-0.4, -0.2) is 40.0 Å². The topological polar surface area (TPSA) is 98.2 Å². The lowest BCUT2D eigenvalue weighted by atomic mass is 10.1. The number of carbonyl (C=O) groups is 3. The molecule has 0 aliphatic carbocycles. The maximum absolute atomic E-state index is 12.6. The maximum Gasteiger partial charge on any atom is 0.341 e. The Hall–Kier alpha value is -2.30. The van der Waals surface area contributed by atoms with Crippen LogP contribution in [0.1, 0.15) is 49.9 Å². The molecule has 0 saturated heterocycles. The Balaban J connectivity index is 1.81. The number of hydrogen-bond acceptors (Lipinski definition) is 9. The van der Waals surface area contributed by atoms with Crippen LogP contribution in [0.15, 0.2) is 11.4 Å². The van der Waals surface area contributed by atoms with E-state index in [0.29, 0.717) is 15.4 Å². The van der Waals surface area contributed by atoms with Crippen molar-refractivity contribution in [3.05, 3.63) is 32.8 Å². The monoisotopic (exact) mass is 463 g/mol. The van der Waals surface area contributed by atoms with Crippen molar-refractivity contribution < 1.29 is 19.1 Å². The van der Waals surface area contributed by atoms with E-state index in [2.05, 4.69) is 15.3 Å². The molecule has 0 saturated carbocycles. The third-order valence-electron chi connectivity index (χ3n) is 4.47. The molecule has 158 valence electrons. The number of aromatic nitrogens is 2. The lowest BCUT2D eigenvalue weighted by Gasteiger charge is -2.07. The van der Waals surface area contributed by atoms with Crippen molar-refractivity contribution in [2.24, 2.45) is 0 Å². The number of Topliss-reactive ketones (excluding diaryl/α,β-unsaturated/α-hetero) is 1. The van der Waals surface area contributed by atoms with Gasteiger partial charge in [0.15, 0.2) is 5.78 Å². The molecule has 3 rings (SSSR count). The van der Waals surface area contributed by atoms with Crippen molar-refractivity contribution in [1.29, 1.82) is 0 Å². The predicted molar refractivity (Wildman–Crippen MR) is 121 cm³/mol. The summed E-state index contributed by atoms with van der Waals surface area (Å²) in [5.74, 6) is -0.902. The zero-order valence-electron chi connectivity index (χ0n) is 17.2. The number of aryl methyl sites for hydroxylation is 2. The minimum atomic E-state index is -0.552. The van der Waals surface area contributed by atoms with E-state index in [1.54, 1.807) is 25.2 Å². The Morgan fingerprint density at radius 3 is 2.53 bits per heavy atom. The SMILES string of the molecule is CCOC(=O)c1c(NC(=O)CSc2ncnc3sc(C)c(C)c23)sc(C(C)=O)c1C. The molecule has 0 bridgehead atoms. The molecule has 1 amide bonds. The third-order valence-corrected chi connectivity index (χ3v) is 7.88. The number of anilines is 1. The van der Waals surface area contributed by atoms with Gasteiger partial charge in [-0.15, -0.1) is 22.7 Å². The lowest BCUT2D eigenvalue weighted by molar-refractivity contribution is -0.113. The molecule has 0 atom stereocenters. The van der Waals surface area contributed by atoms with Crippen LogP contribution in [0, 0.1) is 20.8 Å². The van der Waals surface area contributed by atoms with Crippen LogP contribution in [-0.2, 0) is 9.53 Å². The minimum absolute atomic E-state index is 0.106. The zero-order valence-corrected chi connectivity index (χ0v) is 19.7. The second-order valence-electron chi connectivity index (χ2n) is 6.52. The second kappa shape index (κ2) is 9.23. The Morgan fingerprint density at radius 2 is 1.87 bits per heavy atom. The van der Waals surface area contributed by atoms with Gasteiger partial charge in [0.25, 0.3) is 0 Å². The summed E-state index contributed by atoms with van der Waals surface area (Å²) in [7, 11) is 0. The van der Waals surface area contributed by atoms with E-state index < -0.39 is 5.97 Å². The summed E-state index contributed by atoms with van der Waals surface area (Å²) in [5, 5.41) is 4.81. The summed E-state index contributed by atoms with van der Waals surface area (Å²) in [4.78, 5) is 48.0. The van der Waals surface area contributed by atoms with Crippen molar-refractivity contribution in [3.8, 4) is 0 Å². The zero-order chi connectivity index (χ0) is 22.0. The summed E-state index contributed by atoms with van der Waals surface area (Å²) < 4.78 is 5.10. The van der Waals surface area contributed by atoms with Crippen LogP contribution < -0.4 is 5.32 Å². The molecule has 3 aromatic rings. The summed E-state index contributed by atoms with van der Waals surface area (Å²) in [6, 6.07) is 0. The average Bonchev–Trinajstić information content (AvgIpc) is 3.17. The number of rotatable bonds is 7. The molecule has 0 fully saturated rings. The van der Waals surface area contributed by atoms with Crippen molar-refractivity contribution in [1.82, 2.24) is 9.97 Å². The fourth-order valence-corrected chi connectivity index (χ4v) is 5.97. The summed E-state index contributed by atoms with van der Waals surface area (Å²) in [6.07, 6.45) is 1.50. The molecule has 0 spiro atoms. The highest BCUT2D eigenvalue weighted by Gasteiger charge is 2.25. The smallest absolute Gasteiger partial charge is 0.341 e. The molecule has 0 aliphatic heterocycles. The van der Waals surface area contributed by atoms with Gasteiger partial charge in [-0.05, 0) is 45.7 Å². The van der Waals surface area contributed by atoms with E-state index >= 15 is 0 Å². The predicted octanol–water partition coefficient (Wildman–Crippen LogP) is 4.79. The fraction of sp³-hybridized carbons (Fsp3) is 0.350. The van der Waals surface area contributed by atoms with Crippen molar-refractivity contribution in [2.75, 3.05) is 17.7 Å². The standard InChI is InChI=1S/C20H21N3O4S3/c1-6-27-20(26)15-10(3)16(11(4)24)30-19(15)23-13(25)7-28-17-14-9(2)12(5)29-18(14)22-8-21-17/h8H,6-7H2,1-5H3,(H,23,25). The van der Waals surface area contributed by atoms with E-state index in [-0.39, 0.29) is 29.6 Å². The number of esters is 1. The minimum Gasteiger partial charge on any atom is -0.462 e. The molecule has 0 aliphatic rings. The van der Waals surface area contributed by atoms with Gasteiger partial charge in [-0.2, -0.15) is 0 Å². The Bertz CT molecular complexity index is 1150. The molecule has 10 heteroatoms. The molecule has 3 heterocycles. The molecular formula is C20H21N3O4S3. The molecule has 7 nitrogen and oxygen atoms in total. The quantitative estimate of drug-likeness (QED) is 0.233. The molecular weight excluding hydrogens is 442 g/mol. The molecule has 0 radical (unpaired) electrons. The second-order valence-corrected chi connectivity index (χ2v) is 9.70. The molecule has 3 aromatic heterocycles. The van der Waals surface area contributed by atoms with Gasteiger partial charge in [-0.1, -0.05) is 11.8 Å². The number of hydrogen-bond donors (Lipinski definition) is 1. The van der Waals surface area contributed by atoms with Gasteiger partial charge in [-0.25, -0.2) is 14.8 Å².